The Morgan fingerprint density at radius 1 is 1.53 bits per heavy atom. The Labute approximate surface area is 107 Å². The summed E-state index contributed by atoms with van der Waals surface area (Å²) in [4.78, 5) is 14.5. The van der Waals surface area contributed by atoms with E-state index >= 15 is 0 Å². The van der Waals surface area contributed by atoms with Gasteiger partial charge in [0.1, 0.15) is 0 Å². The Kier molecular flexibility index (Phi) is 3.72. The molecule has 3 N–H and O–H groups in total. The van der Waals surface area contributed by atoms with Crippen LogP contribution in [0.3, 0.4) is 0 Å². The zero-order valence-corrected chi connectivity index (χ0v) is 9.99. The molecule has 1 aromatic heterocycles. The minimum atomic E-state index is -0.567. The van der Waals surface area contributed by atoms with Gasteiger partial charge in [-0.2, -0.15) is 15.2 Å². The van der Waals surface area contributed by atoms with E-state index in [0.29, 0.717) is 11.3 Å². The molecule has 98 valence electrons. The number of nitrogens with one attached hydrogen (secondary N) is 2. The van der Waals surface area contributed by atoms with Crippen molar-refractivity contribution in [2.45, 2.75) is 0 Å². The second-order valence-corrected chi connectivity index (χ2v) is 3.47. The average Bonchev–Trinajstić information content (AvgIpc) is 2.39. The molecule has 1 aromatic carbocycles. The van der Waals surface area contributed by atoms with Crippen molar-refractivity contribution in [2.24, 2.45) is 5.10 Å². The van der Waals surface area contributed by atoms with E-state index in [1.165, 1.54) is 25.6 Å². The van der Waals surface area contributed by atoms with Gasteiger partial charge in [-0.05, 0) is 23.8 Å². The van der Waals surface area contributed by atoms with Crippen molar-refractivity contribution in [3.05, 3.63) is 40.4 Å². The van der Waals surface area contributed by atoms with Crippen LogP contribution < -0.4 is 15.9 Å². The lowest BCUT2D eigenvalue weighted by Gasteiger charge is -2.03. The standard InChI is InChI=1S/C11H11N5O3/c1-19-9-3-2-7(4-8(9)17)5-12-15-10-6-13-16-11(18)14-10/h2-6,17H,1H3,(H2,14,15,16,18)/b12-5+. The van der Waals surface area contributed by atoms with Gasteiger partial charge in [-0.1, -0.05) is 0 Å². The molecule has 0 unspecified atom stereocenters. The summed E-state index contributed by atoms with van der Waals surface area (Å²) in [6.07, 6.45) is 2.78. The molecule has 2 rings (SSSR count). The second-order valence-electron chi connectivity index (χ2n) is 3.47. The zero-order valence-electron chi connectivity index (χ0n) is 9.99. The molecule has 0 atom stereocenters. The first-order valence-electron chi connectivity index (χ1n) is 5.27. The summed E-state index contributed by atoms with van der Waals surface area (Å²) < 4.78 is 4.92. The molecular weight excluding hydrogens is 250 g/mol. The van der Waals surface area contributed by atoms with Gasteiger partial charge in [0.05, 0.1) is 19.5 Å². The number of aromatic nitrogens is 3. The summed E-state index contributed by atoms with van der Waals surface area (Å²) in [7, 11) is 1.47. The fraction of sp³-hybridized carbons (Fsp3) is 0.0909. The van der Waals surface area contributed by atoms with Crippen molar-refractivity contribution in [1.82, 2.24) is 15.2 Å². The maximum absolute atomic E-state index is 10.9. The highest BCUT2D eigenvalue weighted by atomic mass is 16.5. The van der Waals surface area contributed by atoms with Crippen LogP contribution in [0.25, 0.3) is 0 Å². The maximum atomic E-state index is 10.9. The average molecular weight is 261 g/mol. The molecule has 0 amide bonds. The molecule has 8 nitrogen and oxygen atoms in total. The number of phenols is 1. The molecule has 0 aliphatic heterocycles. The van der Waals surface area contributed by atoms with Crippen molar-refractivity contribution < 1.29 is 9.84 Å². The van der Waals surface area contributed by atoms with Gasteiger partial charge >= 0.3 is 5.69 Å². The van der Waals surface area contributed by atoms with E-state index in [1.807, 2.05) is 0 Å². The third kappa shape index (κ3) is 3.28. The first-order chi connectivity index (χ1) is 9.19. The summed E-state index contributed by atoms with van der Waals surface area (Å²) in [5, 5.41) is 19.1. The first-order valence-corrected chi connectivity index (χ1v) is 5.27. The molecule has 0 spiro atoms. The minimum Gasteiger partial charge on any atom is -0.504 e. The molecule has 2 aromatic rings. The van der Waals surface area contributed by atoms with Gasteiger partial charge in [-0.15, -0.1) is 0 Å². The molecule has 1 heterocycles. The molecule has 8 heteroatoms. The summed E-state index contributed by atoms with van der Waals surface area (Å²) in [6.45, 7) is 0. The van der Waals surface area contributed by atoms with Crippen LogP contribution in [0.1, 0.15) is 5.56 Å². The van der Waals surface area contributed by atoms with Gasteiger partial charge in [0.15, 0.2) is 17.3 Å². The van der Waals surface area contributed by atoms with Gasteiger partial charge < -0.3 is 9.84 Å². The lowest BCUT2D eigenvalue weighted by Crippen LogP contribution is -2.13. The van der Waals surface area contributed by atoms with E-state index in [-0.39, 0.29) is 11.6 Å². The summed E-state index contributed by atoms with van der Waals surface area (Å²) >= 11 is 0. The Balaban J connectivity index is 2.07. The monoisotopic (exact) mass is 261 g/mol. The number of ether oxygens (including phenoxy) is 1. The number of aromatic amines is 1. The lowest BCUT2D eigenvalue weighted by atomic mass is 10.2. The zero-order chi connectivity index (χ0) is 13.7. The number of hydrazone groups is 1. The molecular formula is C11H11N5O3. The number of hydrogen-bond donors (Lipinski definition) is 3. The second kappa shape index (κ2) is 5.63. The van der Waals surface area contributed by atoms with E-state index < -0.39 is 5.69 Å². The molecule has 0 bridgehead atoms. The molecule has 0 saturated carbocycles. The number of rotatable bonds is 4. The number of H-pyrrole nitrogens is 1. The Morgan fingerprint density at radius 3 is 3.05 bits per heavy atom. The van der Waals surface area contributed by atoms with E-state index in [2.05, 4.69) is 25.7 Å². The van der Waals surface area contributed by atoms with Gasteiger partial charge in [0.2, 0.25) is 0 Å². The Morgan fingerprint density at radius 2 is 2.37 bits per heavy atom. The Hall–Kier alpha value is -2.90. The lowest BCUT2D eigenvalue weighted by molar-refractivity contribution is 0.373. The number of methoxy groups -OCH3 is 1. The van der Waals surface area contributed by atoms with Crippen LogP contribution in [0, 0.1) is 0 Å². The number of benzene rings is 1. The smallest absolute Gasteiger partial charge is 0.363 e. The summed E-state index contributed by atoms with van der Waals surface area (Å²) in [5.74, 6) is 0.616. The maximum Gasteiger partial charge on any atom is 0.363 e. The van der Waals surface area contributed by atoms with Crippen molar-refractivity contribution in [2.75, 3.05) is 12.5 Å². The number of aromatic hydroxyl groups is 1. The third-order valence-electron chi connectivity index (χ3n) is 2.16. The SMILES string of the molecule is COc1ccc(/C=N/Nc2cn[nH]c(=O)n2)cc1O. The third-order valence-corrected chi connectivity index (χ3v) is 2.16. The van der Waals surface area contributed by atoms with Gasteiger partial charge in [-0.25, -0.2) is 9.89 Å². The van der Waals surface area contributed by atoms with Crippen LogP contribution in [0.2, 0.25) is 0 Å². The highest BCUT2D eigenvalue weighted by Gasteiger charge is 2.00. The molecule has 0 aliphatic carbocycles. The van der Waals surface area contributed by atoms with Crippen LogP contribution >= 0.6 is 0 Å². The number of anilines is 1. The van der Waals surface area contributed by atoms with Crippen LogP contribution in [0.5, 0.6) is 11.5 Å². The molecule has 0 fully saturated rings. The number of nitrogens with zero attached hydrogens (tertiary/aromatic N) is 3. The quantitative estimate of drug-likeness (QED) is 0.540. The number of phenolic OH excluding ortho intramolecular Hbond substituents is 1. The fourth-order valence-corrected chi connectivity index (χ4v) is 1.33. The van der Waals surface area contributed by atoms with Gasteiger partial charge in [0.25, 0.3) is 0 Å². The highest BCUT2D eigenvalue weighted by molar-refractivity contribution is 5.81. The Bertz CT molecular complexity index is 653. The van der Waals surface area contributed by atoms with Crippen LogP contribution in [0.4, 0.5) is 5.82 Å². The molecule has 19 heavy (non-hydrogen) atoms. The molecule has 0 saturated heterocycles. The minimum absolute atomic E-state index is 0.0161. The predicted molar refractivity (Wildman–Crippen MR) is 68.5 cm³/mol. The predicted octanol–water partition coefficient (Wildman–Crippen LogP) is 0.325. The number of hydrogen-bond acceptors (Lipinski definition) is 7. The van der Waals surface area contributed by atoms with Crippen molar-refractivity contribution in [1.29, 1.82) is 0 Å². The van der Waals surface area contributed by atoms with E-state index in [0.717, 1.165) is 0 Å². The van der Waals surface area contributed by atoms with E-state index in [1.54, 1.807) is 12.1 Å². The fourth-order valence-electron chi connectivity index (χ4n) is 1.33. The van der Waals surface area contributed by atoms with Crippen molar-refractivity contribution in [3.63, 3.8) is 0 Å². The summed E-state index contributed by atoms with van der Waals surface area (Å²) in [5.41, 5.74) is 2.63. The van der Waals surface area contributed by atoms with E-state index in [4.69, 9.17) is 4.74 Å². The van der Waals surface area contributed by atoms with Gasteiger partial charge in [-0.3, -0.25) is 5.43 Å². The molecule has 0 aliphatic rings. The van der Waals surface area contributed by atoms with Crippen molar-refractivity contribution >= 4 is 12.0 Å². The topological polar surface area (TPSA) is 112 Å². The first kappa shape index (κ1) is 12.6. The normalized spacial score (nSPS) is 10.6. The van der Waals surface area contributed by atoms with Crippen molar-refractivity contribution in [3.8, 4) is 11.5 Å². The van der Waals surface area contributed by atoms with Crippen LogP contribution in [-0.2, 0) is 0 Å². The van der Waals surface area contributed by atoms with E-state index in [9.17, 15) is 9.90 Å². The van der Waals surface area contributed by atoms with Gasteiger partial charge in [0, 0.05) is 0 Å². The summed E-state index contributed by atoms with van der Waals surface area (Å²) in [6, 6.07) is 4.82. The van der Waals surface area contributed by atoms with Crippen LogP contribution in [-0.4, -0.2) is 33.6 Å². The highest BCUT2D eigenvalue weighted by Crippen LogP contribution is 2.25. The largest absolute Gasteiger partial charge is 0.504 e. The molecule has 0 radical (unpaired) electrons. The van der Waals surface area contributed by atoms with Crippen LogP contribution in [0.15, 0.2) is 34.3 Å².